The Kier molecular flexibility index (Phi) is 1.46. The molecule has 0 radical (unpaired) electrons. The number of aliphatic hydroxyl groups excluding tert-OH is 2. The Morgan fingerprint density at radius 3 is 1.50 bits per heavy atom. The van der Waals surface area contributed by atoms with Gasteiger partial charge in [-0.05, 0) is 36.5 Å². The van der Waals surface area contributed by atoms with E-state index in [1.807, 2.05) is 0 Å². The molecule has 0 heterocycles. The first-order valence-corrected chi connectivity index (χ1v) is 4.08. The average Bonchev–Trinajstić information content (AvgIpc) is 2.83. The van der Waals surface area contributed by atoms with Crippen LogP contribution in [0.15, 0.2) is 0 Å². The van der Waals surface area contributed by atoms with Crippen LogP contribution in [0.2, 0.25) is 0 Å². The van der Waals surface area contributed by atoms with E-state index in [0.717, 1.165) is 11.8 Å². The van der Waals surface area contributed by atoms with E-state index >= 15 is 0 Å². The second-order valence-corrected chi connectivity index (χ2v) is 3.68. The fourth-order valence-corrected chi connectivity index (χ4v) is 2.01. The Morgan fingerprint density at radius 2 is 1.30 bits per heavy atom. The zero-order chi connectivity index (χ0) is 7.14. The van der Waals surface area contributed by atoms with E-state index in [1.54, 1.807) is 0 Å². The highest BCUT2D eigenvalue weighted by Gasteiger charge is 2.52. The molecule has 2 heteroatoms. The van der Waals surface area contributed by atoms with Gasteiger partial charge in [0.15, 0.2) is 0 Å². The molecule has 2 N–H and O–H groups in total. The number of hydrogen-bond acceptors (Lipinski definition) is 2. The van der Waals surface area contributed by atoms with Crippen molar-refractivity contribution in [2.75, 3.05) is 13.2 Å². The van der Waals surface area contributed by atoms with Crippen LogP contribution in [0.1, 0.15) is 12.8 Å². The third-order valence-electron chi connectivity index (χ3n) is 2.97. The van der Waals surface area contributed by atoms with Crippen molar-refractivity contribution >= 4 is 0 Å². The molecule has 0 aromatic carbocycles. The van der Waals surface area contributed by atoms with Gasteiger partial charge >= 0.3 is 0 Å². The van der Waals surface area contributed by atoms with Crippen molar-refractivity contribution in [3.05, 3.63) is 0 Å². The molecule has 0 amide bonds. The Balaban J connectivity index is 1.74. The predicted molar refractivity (Wildman–Crippen MR) is 37.4 cm³/mol. The van der Waals surface area contributed by atoms with Crippen LogP contribution >= 0.6 is 0 Å². The summed E-state index contributed by atoms with van der Waals surface area (Å²) in [5.41, 5.74) is 0. The van der Waals surface area contributed by atoms with Gasteiger partial charge in [0.2, 0.25) is 0 Å². The van der Waals surface area contributed by atoms with Crippen molar-refractivity contribution < 1.29 is 10.2 Å². The number of hydrogen-bond donors (Lipinski definition) is 2. The Morgan fingerprint density at radius 1 is 0.900 bits per heavy atom. The second-order valence-electron chi connectivity index (χ2n) is 3.68. The molecule has 2 aliphatic carbocycles. The molecule has 2 fully saturated rings. The summed E-state index contributed by atoms with van der Waals surface area (Å²) in [4.78, 5) is 0. The van der Waals surface area contributed by atoms with Crippen molar-refractivity contribution in [1.29, 1.82) is 0 Å². The average molecular weight is 142 g/mol. The number of aliphatic hydroxyl groups is 2. The first-order valence-electron chi connectivity index (χ1n) is 4.08. The minimum atomic E-state index is 0.360. The minimum absolute atomic E-state index is 0.360. The standard InChI is InChI=1S/C8H14O2/c9-3-5-1-7(5)8-2-6(8)4-10/h5-10H,1-4H2/t5-,6-,7+,8+/m0/s1. The maximum Gasteiger partial charge on any atom is 0.0462 e. The van der Waals surface area contributed by atoms with Crippen LogP contribution in [0.25, 0.3) is 0 Å². The Hall–Kier alpha value is -0.0800. The molecule has 0 spiro atoms. The molecule has 10 heavy (non-hydrogen) atoms. The van der Waals surface area contributed by atoms with Gasteiger partial charge in [-0.2, -0.15) is 0 Å². The van der Waals surface area contributed by atoms with Crippen molar-refractivity contribution in [1.82, 2.24) is 0 Å². The van der Waals surface area contributed by atoms with Gasteiger partial charge in [0.1, 0.15) is 0 Å². The van der Waals surface area contributed by atoms with E-state index in [9.17, 15) is 0 Å². The highest BCUT2D eigenvalue weighted by atomic mass is 16.3. The van der Waals surface area contributed by atoms with Crippen LogP contribution in [0.5, 0.6) is 0 Å². The van der Waals surface area contributed by atoms with Gasteiger partial charge in [-0.1, -0.05) is 0 Å². The van der Waals surface area contributed by atoms with E-state index in [4.69, 9.17) is 10.2 Å². The zero-order valence-electron chi connectivity index (χ0n) is 6.03. The maximum atomic E-state index is 8.75. The molecule has 58 valence electrons. The maximum absolute atomic E-state index is 8.75. The SMILES string of the molecule is OC[C@@H]1C[C@H]1[C@@H]1C[C@H]1CO. The highest BCUT2D eigenvalue weighted by molar-refractivity contribution is 5.01. The summed E-state index contributed by atoms with van der Waals surface area (Å²) in [7, 11) is 0. The predicted octanol–water partition coefficient (Wildman–Crippen LogP) is 0.243. The lowest BCUT2D eigenvalue weighted by atomic mass is 10.2. The molecule has 2 rings (SSSR count). The molecule has 0 unspecified atom stereocenters. The van der Waals surface area contributed by atoms with E-state index in [1.165, 1.54) is 12.8 Å². The van der Waals surface area contributed by atoms with Gasteiger partial charge in [-0.25, -0.2) is 0 Å². The van der Waals surface area contributed by atoms with Crippen LogP contribution in [0.4, 0.5) is 0 Å². The van der Waals surface area contributed by atoms with Gasteiger partial charge in [0.05, 0.1) is 0 Å². The molecule has 0 saturated heterocycles. The van der Waals surface area contributed by atoms with Gasteiger partial charge in [-0.15, -0.1) is 0 Å². The van der Waals surface area contributed by atoms with Crippen LogP contribution in [0.3, 0.4) is 0 Å². The number of rotatable bonds is 3. The Labute approximate surface area is 60.9 Å². The molecule has 2 nitrogen and oxygen atoms in total. The third kappa shape index (κ3) is 0.956. The molecular weight excluding hydrogens is 128 g/mol. The van der Waals surface area contributed by atoms with Crippen LogP contribution in [-0.4, -0.2) is 23.4 Å². The largest absolute Gasteiger partial charge is 0.396 e. The summed E-state index contributed by atoms with van der Waals surface area (Å²) in [5.74, 6) is 2.70. The summed E-state index contributed by atoms with van der Waals surface area (Å²) in [6.07, 6.45) is 2.41. The van der Waals surface area contributed by atoms with Crippen molar-refractivity contribution in [3.8, 4) is 0 Å². The summed E-state index contributed by atoms with van der Waals surface area (Å²) < 4.78 is 0. The second kappa shape index (κ2) is 2.21. The van der Waals surface area contributed by atoms with E-state index in [-0.39, 0.29) is 0 Å². The molecule has 0 aromatic heterocycles. The molecule has 0 bridgehead atoms. The lowest BCUT2D eigenvalue weighted by Crippen LogP contribution is -1.94. The zero-order valence-corrected chi connectivity index (χ0v) is 6.03. The third-order valence-corrected chi connectivity index (χ3v) is 2.97. The smallest absolute Gasteiger partial charge is 0.0462 e. The highest BCUT2D eigenvalue weighted by Crippen LogP contribution is 2.57. The van der Waals surface area contributed by atoms with E-state index in [0.29, 0.717) is 25.0 Å². The summed E-state index contributed by atoms with van der Waals surface area (Å²) in [5, 5.41) is 17.5. The van der Waals surface area contributed by atoms with E-state index in [2.05, 4.69) is 0 Å². The lowest BCUT2D eigenvalue weighted by Gasteiger charge is -1.92. The van der Waals surface area contributed by atoms with E-state index < -0.39 is 0 Å². The van der Waals surface area contributed by atoms with Crippen LogP contribution in [-0.2, 0) is 0 Å². The molecular formula is C8H14O2. The normalized spacial score (nSPS) is 51.0. The molecule has 2 saturated carbocycles. The fraction of sp³-hybridized carbons (Fsp3) is 1.00. The molecule has 0 aromatic rings. The van der Waals surface area contributed by atoms with Crippen molar-refractivity contribution in [2.24, 2.45) is 23.7 Å². The topological polar surface area (TPSA) is 40.5 Å². The van der Waals surface area contributed by atoms with Crippen molar-refractivity contribution in [2.45, 2.75) is 12.8 Å². The minimum Gasteiger partial charge on any atom is -0.396 e. The van der Waals surface area contributed by atoms with Gasteiger partial charge < -0.3 is 10.2 Å². The van der Waals surface area contributed by atoms with Crippen LogP contribution < -0.4 is 0 Å². The first kappa shape index (κ1) is 6.62. The summed E-state index contributed by atoms with van der Waals surface area (Å²) in [6.45, 7) is 0.721. The van der Waals surface area contributed by atoms with Gasteiger partial charge in [-0.3, -0.25) is 0 Å². The quantitative estimate of drug-likeness (QED) is 0.592. The molecule has 0 aliphatic heterocycles. The first-order chi connectivity index (χ1) is 4.86. The van der Waals surface area contributed by atoms with Gasteiger partial charge in [0.25, 0.3) is 0 Å². The Bertz CT molecular complexity index is 119. The summed E-state index contributed by atoms with van der Waals surface area (Å²) >= 11 is 0. The van der Waals surface area contributed by atoms with Gasteiger partial charge in [0, 0.05) is 13.2 Å². The summed E-state index contributed by atoms with van der Waals surface area (Å²) in [6, 6.07) is 0. The fourth-order valence-electron chi connectivity index (χ4n) is 2.01. The lowest BCUT2D eigenvalue weighted by molar-refractivity contribution is 0.251. The molecule has 2 aliphatic rings. The van der Waals surface area contributed by atoms with Crippen LogP contribution in [0, 0.1) is 23.7 Å². The monoisotopic (exact) mass is 142 g/mol. The molecule has 4 atom stereocenters. The van der Waals surface area contributed by atoms with Crippen molar-refractivity contribution in [3.63, 3.8) is 0 Å².